The van der Waals surface area contributed by atoms with Gasteiger partial charge in [-0.15, -0.1) is 0 Å². The van der Waals surface area contributed by atoms with Gasteiger partial charge in [0, 0.05) is 17.3 Å². The second-order valence-electron chi connectivity index (χ2n) is 4.08. The van der Waals surface area contributed by atoms with Gasteiger partial charge in [0.25, 0.3) is 5.91 Å². The van der Waals surface area contributed by atoms with Crippen LogP contribution in [0.4, 0.5) is 0 Å². The van der Waals surface area contributed by atoms with Crippen LogP contribution in [-0.2, 0) is 0 Å². The average molecular weight is 324 g/mol. The van der Waals surface area contributed by atoms with E-state index in [1.807, 2.05) is 6.92 Å². The lowest BCUT2D eigenvalue weighted by atomic mass is 10.1. The molecule has 1 unspecified atom stereocenters. The van der Waals surface area contributed by atoms with Gasteiger partial charge in [0.15, 0.2) is 0 Å². The maximum Gasteiger partial charge on any atom is 0.251 e. The fourth-order valence-electron chi connectivity index (χ4n) is 1.67. The number of halogens is 1. The Kier molecular flexibility index (Phi) is 4.21. The highest BCUT2D eigenvalue weighted by Gasteiger charge is 2.13. The van der Waals surface area contributed by atoms with Crippen LogP contribution < -0.4 is 10.1 Å². The summed E-state index contributed by atoms with van der Waals surface area (Å²) >= 11 is 3.36. The van der Waals surface area contributed by atoms with Gasteiger partial charge in [-0.3, -0.25) is 9.89 Å². The normalized spacial score (nSPS) is 11.9. The zero-order valence-corrected chi connectivity index (χ0v) is 12.2. The summed E-state index contributed by atoms with van der Waals surface area (Å²) in [7, 11) is 1.58. The van der Waals surface area contributed by atoms with Gasteiger partial charge in [0.2, 0.25) is 0 Å². The van der Waals surface area contributed by atoms with Crippen LogP contribution in [0, 0.1) is 0 Å². The number of rotatable bonds is 4. The van der Waals surface area contributed by atoms with E-state index in [1.54, 1.807) is 37.7 Å². The maximum absolute atomic E-state index is 12.1. The molecule has 5 nitrogen and oxygen atoms in total. The maximum atomic E-state index is 12.1. The molecule has 6 heteroatoms. The molecule has 1 aromatic heterocycles. The lowest BCUT2D eigenvalue weighted by molar-refractivity contribution is 0.0940. The van der Waals surface area contributed by atoms with Crippen LogP contribution in [0.1, 0.15) is 28.9 Å². The van der Waals surface area contributed by atoms with E-state index in [0.29, 0.717) is 11.3 Å². The van der Waals surface area contributed by atoms with Crippen molar-refractivity contribution in [3.63, 3.8) is 0 Å². The van der Waals surface area contributed by atoms with Gasteiger partial charge < -0.3 is 10.1 Å². The van der Waals surface area contributed by atoms with E-state index in [4.69, 9.17) is 4.74 Å². The van der Waals surface area contributed by atoms with E-state index in [2.05, 4.69) is 31.4 Å². The Morgan fingerprint density at radius 2 is 2.32 bits per heavy atom. The van der Waals surface area contributed by atoms with Crippen LogP contribution in [0.3, 0.4) is 0 Å². The van der Waals surface area contributed by atoms with Crippen molar-refractivity contribution >= 4 is 21.8 Å². The Balaban J connectivity index is 2.10. The molecule has 1 amide bonds. The summed E-state index contributed by atoms with van der Waals surface area (Å²) in [5.41, 5.74) is 1.50. The molecule has 1 aromatic carbocycles. The van der Waals surface area contributed by atoms with E-state index in [1.165, 1.54) is 0 Å². The minimum atomic E-state index is -0.142. The fourth-order valence-corrected chi connectivity index (χ4v) is 2.21. The number of hydrogen-bond acceptors (Lipinski definition) is 3. The van der Waals surface area contributed by atoms with E-state index in [-0.39, 0.29) is 11.9 Å². The van der Waals surface area contributed by atoms with Crippen molar-refractivity contribution < 1.29 is 9.53 Å². The Morgan fingerprint density at radius 3 is 2.89 bits per heavy atom. The number of carbonyl (C=O) groups excluding carboxylic acids is 1. The highest BCUT2D eigenvalue weighted by Crippen LogP contribution is 2.25. The van der Waals surface area contributed by atoms with Gasteiger partial charge >= 0.3 is 0 Å². The van der Waals surface area contributed by atoms with E-state index in [0.717, 1.165) is 10.0 Å². The molecule has 2 rings (SSSR count). The summed E-state index contributed by atoms with van der Waals surface area (Å²) in [4.78, 5) is 12.1. The highest BCUT2D eigenvalue weighted by atomic mass is 79.9. The fraction of sp³-hybridized carbons (Fsp3) is 0.231. The third-order valence-electron chi connectivity index (χ3n) is 2.78. The van der Waals surface area contributed by atoms with Crippen LogP contribution in [0.5, 0.6) is 5.75 Å². The van der Waals surface area contributed by atoms with Gasteiger partial charge in [-0.05, 0) is 41.1 Å². The summed E-state index contributed by atoms with van der Waals surface area (Å²) in [6, 6.07) is 5.10. The van der Waals surface area contributed by atoms with E-state index < -0.39 is 0 Å². The largest absolute Gasteiger partial charge is 0.496 e. The number of nitrogens with one attached hydrogen (secondary N) is 2. The Morgan fingerprint density at radius 1 is 1.53 bits per heavy atom. The summed E-state index contributed by atoms with van der Waals surface area (Å²) < 4.78 is 5.88. The number of aromatic amines is 1. The molecule has 1 heterocycles. The number of hydrogen-bond donors (Lipinski definition) is 2. The summed E-state index contributed by atoms with van der Waals surface area (Å²) in [6.45, 7) is 1.90. The topological polar surface area (TPSA) is 67.0 Å². The monoisotopic (exact) mass is 323 g/mol. The second kappa shape index (κ2) is 5.88. The zero-order valence-electron chi connectivity index (χ0n) is 10.6. The van der Waals surface area contributed by atoms with Crippen LogP contribution in [0.2, 0.25) is 0 Å². The standard InChI is InChI=1S/C13H14BrN3O2/c1-8(10-6-15-16-7-10)17-13(18)9-3-4-12(19-2)11(14)5-9/h3-8H,1-2H3,(H,15,16)(H,17,18). The smallest absolute Gasteiger partial charge is 0.251 e. The van der Waals surface area contributed by atoms with Gasteiger partial charge in [-0.25, -0.2) is 0 Å². The predicted molar refractivity (Wildman–Crippen MR) is 75.2 cm³/mol. The first-order valence-electron chi connectivity index (χ1n) is 5.75. The van der Waals surface area contributed by atoms with Gasteiger partial charge in [0.05, 0.1) is 23.8 Å². The predicted octanol–water partition coefficient (Wildman–Crippen LogP) is 2.67. The second-order valence-corrected chi connectivity index (χ2v) is 4.93. The molecule has 0 aliphatic heterocycles. The SMILES string of the molecule is COc1ccc(C(=O)NC(C)c2cn[nH]c2)cc1Br. The number of aromatic nitrogens is 2. The first kappa shape index (κ1) is 13.6. The van der Waals surface area contributed by atoms with E-state index in [9.17, 15) is 4.79 Å². The molecule has 0 spiro atoms. The van der Waals surface area contributed by atoms with Crippen LogP contribution in [0.25, 0.3) is 0 Å². The summed E-state index contributed by atoms with van der Waals surface area (Å²) in [5, 5.41) is 9.48. The van der Waals surface area contributed by atoms with Crippen molar-refractivity contribution in [1.82, 2.24) is 15.5 Å². The van der Waals surface area contributed by atoms with Crippen molar-refractivity contribution in [3.05, 3.63) is 46.2 Å². The van der Waals surface area contributed by atoms with Crippen molar-refractivity contribution in [2.75, 3.05) is 7.11 Å². The molecule has 1 atom stereocenters. The molecule has 19 heavy (non-hydrogen) atoms. The van der Waals surface area contributed by atoms with Crippen molar-refractivity contribution in [3.8, 4) is 5.75 Å². The zero-order chi connectivity index (χ0) is 13.8. The Hall–Kier alpha value is -1.82. The Bertz CT molecular complexity index is 569. The van der Waals surface area contributed by atoms with Crippen LogP contribution >= 0.6 is 15.9 Å². The van der Waals surface area contributed by atoms with E-state index >= 15 is 0 Å². The van der Waals surface area contributed by atoms with Gasteiger partial charge in [-0.1, -0.05) is 0 Å². The molecular weight excluding hydrogens is 310 g/mol. The molecule has 0 saturated carbocycles. The number of H-pyrrole nitrogens is 1. The third-order valence-corrected chi connectivity index (χ3v) is 3.40. The van der Waals surface area contributed by atoms with Crippen molar-refractivity contribution in [2.24, 2.45) is 0 Å². The number of benzene rings is 1. The third kappa shape index (κ3) is 3.14. The number of nitrogens with zero attached hydrogens (tertiary/aromatic N) is 1. The molecule has 0 saturated heterocycles. The first-order chi connectivity index (χ1) is 9.11. The molecule has 2 N–H and O–H groups in total. The molecule has 100 valence electrons. The Labute approximate surface area is 119 Å². The molecule has 0 aliphatic rings. The lowest BCUT2D eigenvalue weighted by Gasteiger charge is -2.12. The molecule has 0 radical (unpaired) electrons. The molecular formula is C13H14BrN3O2. The summed E-state index contributed by atoms with van der Waals surface area (Å²) in [6.07, 6.45) is 3.45. The molecule has 0 fully saturated rings. The van der Waals surface area contributed by atoms with Crippen LogP contribution in [0.15, 0.2) is 35.1 Å². The minimum absolute atomic E-state index is 0.105. The van der Waals surface area contributed by atoms with Gasteiger partial charge in [0.1, 0.15) is 5.75 Å². The highest BCUT2D eigenvalue weighted by molar-refractivity contribution is 9.10. The van der Waals surface area contributed by atoms with Gasteiger partial charge in [-0.2, -0.15) is 5.10 Å². The van der Waals surface area contributed by atoms with Crippen LogP contribution in [-0.4, -0.2) is 23.2 Å². The minimum Gasteiger partial charge on any atom is -0.496 e. The number of ether oxygens (including phenoxy) is 1. The summed E-state index contributed by atoms with van der Waals surface area (Å²) in [5.74, 6) is 0.552. The number of carbonyl (C=O) groups is 1. The number of amides is 1. The van der Waals surface area contributed by atoms with Crippen molar-refractivity contribution in [2.45, 2.75) is 13.0 Å². The molecule has 0 bridgehead atoms. The molecule has 0 aliphatic carbocycles. The number of methoxy groups -OCH3 is 1. The van der Waals surface area contributed by atoms with Crippen molar-refractivity contribution in [1.29, 1.82) is 0 Å². The molecule has 2 aromatic rings. The first-order valence-corrected chi connectivity index (χ1v) is 6.54. The average Bonchev–Trinajstić information content (AvgIpc) is 2.92. The quantitative estimate of drug-likeness (QED) is 0.909. The lowest BCUT2D eigenvalue weighted by Crippen LogP contribution is -2.26.